The first kappa shape index (κ1) is 13.9. The zero-order valence-corrected chi connectivity index (χ0v) is 10.9. The molecule has 0 aliphatic rings. The van der Waals surface area contributed by atoms with E-state index in [1.807, 2.05) is 0 Å². The summed E-state index contributed by atoms with van der Waals surface area (Å²) in [7, 11) is 0. The van der Waals surface area contributed by atoms with Crippen molar-refractivity contribution >= 4 is 0 Å². The van der Waals surface area contributed by atoms with Crippen LogP contribution in [0.3, 0.4) is 0 Å². The SMILES string of the molecule is CCCN(CC)CC(C)(C)C(C)(C)N. The van der Waals surface area contributed by atoms with E-state index in [4.69, 9.17) is 5.73 Å². The zero-order chi connectivity index (χ0) is 11.4. The molecule has 0 atom stereocenters. The molecule has 0 spiro atoms. The van der Waals surface area contributed by atoms with Gasteiger partial charge in [-0.2, -0.15) is 0 Å². The summed E-state index contributed by atoms with van der Waals surface area (Å²) < 4.78 is 0. The van der Waals surface area contributed by atoms with Gasteiger partial charge in [-0.15, -0.1) is 0 Å². The fourth-order valence-corrected chi connectivity index (χ4v) is 1.43. The van der Waals surface area contributed by atoms with E-state index in [0.717, 1.165) is 13.1 Å². The van der Waals surface area contributed by atoms with Gasteiger partial charge in [0.2, 0.25) is 0 Å². The van der Waals surface area contributed by atoms with Crippen LogP contribution in [-0.4, -0.2) is 30.1 Å². The van der Waals surface area contributed by atoms with Crippen molar-refractivity contribution in [2.75, 3.05) is 19.6 Å². The van der Waals surface area contributed by atoms with E-state index >= 15 is 0 Å². The molecule has 0 aromatic carbocycles. The summed E-state index contributed by atoms with van der Waals surface area (Å²) >= 11 is 0. The molecule has 0 aliphatic carbocycles. The van der Waals surface area contributed by atoms with Crippen molar-refractivity contribution in [1.82, 2.24) is 4.90 Å². The van der Waals surface area contributed by atoms with Gasteiger partial charge in [-0.3, -0.25) is 0 Å². The molecule has 2 heteroatoms. The summed E-state index contributed by atoms with van der Waals surface area (Å²) in [6.45, 7) is 16.6. The van der Waals surface area contributed by atoms with Gasteiger partial charge in [0.1, 0.15) is 0 Å². The summed E-state index contributed by atoms with van der Waals surface area (Å²) in [5, 5.41) is 0. The predicted molar refractivity (Wildman–Crippen MR) is 64.5 cm³/mol. The molecule has 0 radical (unpaired) electrons. The molecule has 0 saturated heterocycles. The Hall–Kier alpha value is -0.0800. The molecule has 86 valence electrons. The maximum atomic E-state index is 6.19. The van der Waals surface area contributed by atoms with Gasteiger partial charge in [-0.25, -0.2) is 0 Å². The molecule has 0 aliphatic heterocycles. The van der Waals surface area contributed by atoms with Crippen LogP contribution in [-0.2, 0) is 0 Å². The first-order valence-electron chi connectivity index (χ1n) is 5.76. The number of rotatable bonds is 6. The van der Waals surface area contributed by atoms with E-state index in [0.29, 0.717) is 0 Å². The monoisotopic (exact) mass is 200 g/mol. The van der Waals surface area contributed by atoms with Crippen molar-refractivity contribution in [3.8, 4) is 0 Å². The zero-order valence-electron chi connectivity index (χ0n) is 10.9. The molecule has 0 aromatic heterocycles. The average Bonchev–Trinajstić information content (AvgIpc) is 2.01. The first-order chi connectivity index (χ1) is 6.24. The number of hydrogen-bond acceptors (Lipinski definition) is 2. The van der Waals surface area contributed by atoms with Crippen LogP contribution in [0.15, 0.2) is 0 Å². The van der Waals surface area contributed by atoms with Crippen LogP contribution in [0.1, 0.15) is 48.0 Å². The summed E-state index contributed by atoms with van der Waals surface area (Å²) in [5.41, 5.74) is 6.23. The standard InChI is InChI=1S/C12H28N2/c1-7-9-14(8-2)10-11(3,4)12(5,6)13/h7-10,13H2,1-6H3. The molecule has 0 heterocycles. The van der Waals surface area contributed by atoms with Crippen molar-refractivity contribution in [3.63, 3.8) is 0 Å². The fourth-order valence-electron chi connectivity index (χ4n) is 1.43. The smallest absolute Gasteiger partial charge is 0.0161 e. The van der Waals surface area contributed by atoms with E-state index in [1.54, 1.807) is 0 Å². The normalized spacial score (nSPS) is 13.7. The second-order valence-electron chi connectivity index (χ2n) is 5.47. The third-order valence-corrected chi connectivity index (χ3v) is 3.35. The Morgan fingerprint density at radius 1 is 1.07 bits per heavy atom. The minimum atomic E-state index is -0.117. The van der Waals surface area contributed by atoms with E-state index in [1.165, 1.54) is 13.0 Å². The van der Waals surface area contributed by atoms with Crippen LogP contribution in [0, 0.1) is 5.41 Å². The topological polar surface area (TPSA) is 29.3 Å². The van der Waals surface area contributed by atoms with Crippen molar-refractivity contribution in [2.24, 2.45) is 11.1 Å². The molecule has 0 rings (SSSR count). The van der Waals surface area contributed by atoms with Crippen LogP contribution in [0.25, 0.3) is 0 Å². The Kier molecular flexibility index (Phi) is 5.10. The summed E-state index contributed by atoms with van der Waals surface area (Å²) in [5.74, 6) is 0. The Morgan fingerprint density at radius 2 is 1.57 bits per heavy atom. The first-order valence-corrected chi connectivity index (χ1v) is 5.76. The van der Waals surface area contributed by atoms with E-state index < -0.39 is 0 Å². The predicted octanol–water partition coefficient (Wildman–Crippen LogP) is 2.48. The van der Waals surface area contributed by atoms with Gasteiger partial charge in [-0.05, 0) is 38.8 Å². The molecular weight excluding hydrogens is 172 g/mol. The lowest BCUT2D eigenvalue weighted by Gasteiger charge is -2.42. The van der Waals surface area contributed by atoms with Crippen LogP contribution in [0.2, 0.25) is 0 Å². The average molecular weight is 200 g/mol. The maximum Gasteiger partial charge on any atom is 0.0161 e. The van der Waals surface area contributed by atoms with Gasteiger partial charge in [0.05, 0.1) is 0 Å². The third-order valence-electron chi connectivity index (χ3n) is 3.35. The number of nitrogens with two attached hydrogens (primary N) is 1. The van der Waals surface area contributed by atoms with E-state index in [-0.39, 0.29) is 11.0 Å². The molecule has 2 N–H and O–H groups in total. The van der Waals surface area contributed by atoms with Gasteiger partial charge < -0.3 is 10.6 Å². The van der Waals surface area contributed by atoms with Gasteiger partial charge in [0, 0.05) is 12.1 Å². The molecule has 0 aromatic rings. The van der Waals surface area contributed by atoms with Gasteiger partial charge in [0.15, 0.2) is 0 Å². The fraction of sp³-hybridized carbons (Fsp3) is 1.00. The Morgan fingerprint density at radius 3 is 1.86 bits per heavy atom. The molecule has 2 nitrogen and oxygen atoms in total. The van der Waals surface area contributed by atoms with E-state index in [9.17, 15) is 0 Å². The van der Waals surface area contributed by atoms with E-state index in [2.05, 4.69) is 46.4 Å². The lowest BCUT2D eigenvalue weighted by Crippen LogP contribution is -2.53. The molecular formula is C12H28N2. The minimum absolute atomic E-state index is 0.117. The summed E-state index contributed by atoms with van der Waals surface area (Å²) in [4.78, 5) is 2.48. The number of hydrogen-bond donors (Lipinski definition) is 1. The Labute approximate surface area is 89.9 Å². The van der Waals surface area contributed by atoms with Crippen molar-refractivity contribution in [2.45, 2.75) is 53.5 Å². The van der Waals surface area contributed by atoms with Crippen molar-refractivity contribution < 1.29 is 0 Å². The molecule has 0 saturated carbocycles. The summed E-state index contributed by atoms with van der Waals surface area (Å²) in [6.07, 6.45) is 1.22. The second-order valence-corrected chi connectivity index (χ2v) is 5.47. The van der Waals surface area contributed by atoms with Crippen molar-refractivity contribution in [3.05, 3.63) is 0 Å². The minimum Gasteiger partial charge on any atom is -0.325 e. The van der Waals surface area contributed by atoms with Crippen LogP contribution < -0.4 is 5.73 Å². The van der Waals surface area contributed by atoms with Crippen LogP contribution in [0.5, 0.6) is 0 Å². The molecule has 0 unspecified atom stereocenters. The molecule has 14 heavy (non-hydrogen) atoms. The second kappa shape index (κ2) is 5.13. The van der Waals surface area contributed by atoms with Crippen molar-refractivity contribution in [1.29, 1.82) is 0 Å². The lowest BCUT2D eigenvalue weighted by atomic mass is 9.75. The lowest BCUT2D eigenvalue weighted by molar-refractivity contribution is 0.117. The van der Waals surface area contributed by atoms with Gasteiger partial charge >= 0.3 is 0 Å². The highest BCUT2D eigenvalue weighted by atomic mass is 15.1. The summed E-state index contributed by atoms with van der Waals surface area (Å²) in [6, 6.07) is 0. The molecule has 0 fully saturated rings. The Bertz CT molecular complexity index is 156. The van der Waals surface area contributed by atoms with Crippen LogP contribution >= 0.6 is 0 Å². The molecule has 0 amide bonds. The van der Waals surface area contributed by atoms with Gasteiger partial charge in [0.25, 0.3) is 0 Å². The quantitative estimate of drug-likeness (QED) is 0.714. The number of nitrogens with zero attached hydrogens (tertiary/aromatic N) is 1. The maximum absolute atomic E-state index is 6.19. The largest absolute Gasteiger partial charge is 0.325 e. The highest BCUT2D eigenvalue weighted by Gasteiger charge is 2.34. The van der Waals surface area contributed by atoms with Gasteiger partial charge in [-0.1, -0.05) is 27.7 Å². The highest BCUT2D eigenvalue weighted by Crippen LogP contribution is 2.29. The Balaban J connectivity index is 4.32. The highest BCUT2D eigenvalue weighted by molar-refractivity contribution is 4.92. The third kappa shape index (κ3) is 3.97. The molecule has 0 bridgehead atoms. The van der Waals surface area contributed by atoms with Crippen LogP contribution in [0.4, 0.5) is 0 Å².